The lowest BCUT2D eigenvalue weighted by Gasteiger charge is -2.11. The molecule has 2 rings (SSSR count). The van der Waals surface area contributed by atoms with Crippen LogP contribution < -0.4 is 14.8 Å². The van der Waals surface area contributed by atoms with Gasteiger partial charge in [0.15, 0.2) is 18.1 Å². The van der Waals surface area contributed by atoms with Gasteiger partial charge in [-0.15, -0.1) is 0 Å². The fourth-order valence-electron chi connectivity index (χ4n) is 1.94. The highest BCUT2D eigenvalue weighted by Crippen LogP contribution is 2.31. The van der Waals surface area contributed by atoms with E-state index in [-0.39, 0.29) is 18.0 Å². The number of carbonyl (C=O) groups is 1. The summed E-state index contributed by atoms with van der Waals surface area (Å²) in [6.07, 6.45) is 0. The summed E-state index contributed by atoms with van der Waals surface area (Å²) in [6.45, 7) is 1.63. The summed E-state index contributed by atoms with van der Waals surface area (Å²) < 4.78 is 11.2. The van der Waals surface area contributed by atoms with Gasteiger partial charge in [0.2, 0.25) is 0 Å². The Balaban J connectivity index is 2.05. The molecule has 126 valence electrons. The number of amides is 1. The number of non-ortho nitro benzene ring substituents is 1. The molecule has 0 saturated heterocycles. The topological polar surface area (TPSA) is 90.7 Å². The fourth-order valence-corrected chi connectivity index (χ4v) is 2.54. The largest absolute Gasteiger partial charge is 0.493 e. The van der Waals surface area contributed by atoms with Crippen LogP contribution in [-0.4, -0.2) is 24.5 Å². The number of methoxy groups -OCH3 is 1. The van der Waals surface area contributed by atoms with E-state index >= 15 is 0 Å². The lowest BCUT2D eigenvalue weighted by atomic mass is 10.2. The maximum atomic E-state index is 12.0. The number of nitro benzene ring substituents is 1. The number of halogens is 1. The number of nitrogens with zero attached hydrogens (tertiary/aromatic N) is 1. The number of nitrogens with one attached hydrogen (secondary N) is 1. The van der Waals surface area contributed by atoms with Crippen LogP contribution in [0.4, 0.5) is 11.4 Å². The summed E-state index contributed by atoms with van der Waals surface area (Å²) in [4.78, 5) is 22.3. The molecule has 0 atom stereocenters. The average molecular weight is 395 g/mol. The van der Waals surface area contributed by atoms with Gasteiger partial charge in [-0.3, -0.25) is 14.9 Å². The second-order valence-electron chi connectivity index (χ2n) is 4.91. The van der Waals surface area contributed by atoms with E-state index in [9.17, 15) is 14.9 Å². The SMILES string of the molecule is COc1ccc([N+](=O)[O-])cc1OCC(=O)Nc1ccc(C)cc1Br. The molecule has 0 bridgehead atoms. The van der Waals surface area contributed by atoms with Crippen molar-refractivity contribution >= 4 is 33.2 Å². The first-order chi connectivity index (χ1) is 11.4. The molecule has 2 aromatic rings. The Kier molecular flexibility index (Phi) is 5.75. The van der Waals surface area contributed by atoms with Gasteiger partial charge in [0.25, 0.3) is 11.6 Å². The Hall–Kier alpha value is -2.61. The zero-order valence-corrected chi connectivity index (χ0v) is 14.6. The summed E-state index contributed by atoms with van der Waals surface area (Å²) in [5.41, 5.74) is 1.52. The second kappa shape index (κ2) is 7.78. The summed E-state index contributed by atoms with van der Waals surface area (Å²) in [6, 6.07) is 9.45. The van der Waals surface area contributed by atoms with Crippen molar-refractivity contribution < 1.29 is 19.2 Å². The fraction of sp³-hybridized carbons (Fsp3) is 0.188. The summed E-state index contributed by atoms with van der Waals surface area (Å²) in [5, 5.41) is 13.5. The van der Waals surface area contributed by atoms with Crippen LogP contribution in [0.15, 0.2) is 40.9 Å². The number of nitro groups is 1. The number of anilines is 1. The van der Waals surface area contributed by atoms with Gasteiger partial charge < -0.3 is 14.8 Å². The third-order valence-electron chi connectivity index (χ3n) is 3.12. The minimum atomic E-state index is -0.546. The lowest BCUT2D eigenvalue weighted by Crippen LogP contribution is -2.20. The number of carbonyl (C=O) groups excluding carboxylic acids is 1. The van der Waals surface area contributed by atoms with E-state index in [0.29, 0.717) is 11.4 Å². The molecule has 0 aliphatic carbocycles. The Morgan fingerprint density at radius 3 is 2.62 bits per heavy atom. The highest BCUT2D eigenvalue weighted by molar-refractivity contribution is 9.10. The predicted molar refractivity (Wildman–Crippen MR) is 92.7 cm³/mol. The Labute approximate surface area is 146 Å². The molecule has 8 heteroatoms. The van der Waals surface area contributed by atoms with Crippen LogP contribution in [-0.2, 0) is 4.79 Å². The van der Waals surface area contributed by atoms with Crippen LogP contribution in [0.2, 0.25) is 0 Å². The van der Waals surface area contributed by atoms with Crippen LogP contribution in [0.25, 0.3) is 0 Å². The van der Waals surface area contributed by atoms with Gasteiger partial charge in [-0.2, -0.15) is 0 Å². The minimum Gasteiger partial charge on any atom is -0.493 e. The van der Waals surface area contributed by atoms with Crippen LogP contribution in [0.3, 0.4) is 0 Å². The van der Waals surface area contributed by atoms with Gasteiger partial charge in [0.05, 0.1) is 23.8 Å². The third kappa shape index (κ3) is 4.45. The predicted octanol–water partition coefficient (Wildman–Crippen LogP) is 3.69. The first-order valence-corrected chi connectivity index (χ1v) is 7.71. The molecule has 0 aromatic heterocycles. The number of rotatable bonds is 6. The van der Waals surface area contributed by atoms with Crippen molar-refractivity contribution in [1.82, 2.24) is 0 Å². The normalized spacial score (nSPS) is 10.1. The van der Waals surface area contributed by atoms with E-state index in [2.05, 4.69) is 21.2 Å². The molecule has 1 N–H and O–H groups in total. The second-order valence-corrected chi connectivity index (χ2v) is 5.77. The molecule has 0 aliphatic rings. The molecular formula is C16H15BrN2O5. The molecule has 2 aromatic carbocycles. The molecule has 0 unspecified atom stereocenters. The highest BCUT2D eigenvalue weighted by atomic mass is 79.9. The van der Waals surface area contributed by atoms with Crippen LogP contribution >= 0.6 is 15.9 Å². The molecule has 24 heavy (non-hydrogen) atoms. The molecule has 0 saturated carbocycles. The molecule has 7 nitrogen and oxygen atoms in total. The number of aryl methyl sites for hydroxylation is 1. The van der Waals surface area contributed by atoms with Gasteiger partial charge >= 0.3 is 0 Å². The van der Waals surface area contributed by atoms with Crippen molar-refractivity contribution in [2.24, 2.45) is 0 Å². The van der Waals surface area contributed by atoms with E-state index in [1.807, 2.05) is 19.1 Å². The first-order valence-electron chi connectivity index (χ1n) is 6.92. The van der Waals surface area contributed by atoms with Crippen LogP contribution in [0.5, 0.6) is 11.5 Å². The molecule has 1 amide bonds. The van der Waals surface area contributed by atoms with Crippen molar-refractivity contribution in [2.45, 2.75) is 6.92 Å². The highest BCUT2D eigenvalue weighted by Gasteiger charge is 2.14. The van der Waals surface area contributed by atoms with Gasteiger partial charge in [-0.05, 0) is 46.6 Å². The van der Waals surface area contributed by atoms with E-state index in [1.54, 1.807) is 6.07 Å². The first kappa shape index (κ1) is 17.7. The van der Waals surface area contributed by atoms with Crippen LogP contribution in [0.1, 0.15) is 5.56 Å². The molecule has 0 heterocycles. The number of hydrogen-bond acceptors (Lipinski definition) is 5. The molecule has 0 fully saturated rings. The van der Waals surface area contributed by atoms with E-state index in [1.165, 1.54) is 25.3 Å². The standard InChI is InChI=1S/C16H15BrN2O5/c1-10-3-5-13(12(17)7-10)18-16(20)9-24-15-8-11(19(21)22)4-6-14(15)23-2/h3-8H,9H2,1-2H3,(H,18,20). The number of benzene rings is 2. The lowest BCUT2D eigenvalue weighted by molar-refractivity contribution is -0.385. The maximum Gasteiger partial charge on any atom is 0.273 e. The van der Waals surface area contributed by atoms with Gasteiger partial charge in [-0.25, -0.2) is 0 Å². The summed E-state index contributed by atoms with van der Waals surface area (Å²) in [5.74, 6) is 0.0443. The molecule has 0 aliphatic heterocycles. The molecular weight excluding hydrogens is 380 g/mol. The van der Waals surface area contributed by atoms with Gasteiger partial charge in [-0.1, -0.05) is 6.07 Å². The third-order valence-corrected chi connectivity index (χ3v) is 3.77. The van der Waals surface area contributed by atoms with Gasteiger partial charge in [0, 0.05) is 10.5 Å². The summed E-state index contributed by atoms with van der Waals surface area (Å²) >= 11 is 3.37. The Bertz CT molecular complexity index is 779. The van der Waals surface area contributed by atoms with E-state index < -0.39 is 10.8 Å². The number of hydrogen-bond donors (Lipinski definition) is 1. The number of ether oxygens (including phenoxy) is 2. The quantitative estimate of drug-likeness (QED) is 0.595. The summed E-state index contributed by atoms with van der Waals surface area (Å²) in [7, 11) is 1.41. The molecule has 0 radical (unpaired) electrons. The van der Waals surface area contributed by atoms with Crippen LogP contribution in [0, 0.1) is 17.0 Å². The van der Waals surface area contributed by atoms with Crippen molar-refractivity contribution in [3.8, 4) is 11.5 Å². The van der Waals surface area contributed by atoms with Gasteiger partial charge in [0.1, 0.15) is 0 Å². The van der Waals surface area contributed by atoms with Crippen molar-refractivity contribution in [3.63, 3.8) is 0 Å². The van der Waals surface area contributed by atoms with Crippen molar-refractivity contribution in [1.29, 1.82) is 0 Å². The minimum absolute atomic E-state index is 0.129. The molecule has 0 spiro atoms. The zero-order chi connectivity index (χ0) is 17.7. The van der Waals surface area contributed by atoms with Crippen molar-refractivity contribution in [3.05, 3.63) is 56.5 Å². The Morgan fingerprint density at radius 2 is 2.00 bits per heavy atom. The maximum absolute atomic E-state index is 12.0. The Morgan fingerprint density at radius 1 is 1.25 bits per heavy atom. The monoisotopic (exact) mass is 394 g/mol. The zero-order valence-electron chi connectivity index (χ0n) is 13.0. The van der Waals surface area contributed by atoms with E-state index in [4.69, 9.17) is 9.47 Å². The average Bonchev–Trinajstić information content (AvgIpc) is 2.55. The smallest absolute Gasteiger partial charge is 0.273 e. The van der Waals surface area contributed by atoms with E-state index in [0.717, 1.165) is 10.0 Å². The van der Waals surface area contributed by atoms with Crippen molar-refractivity contribution in [2.75, 3.05) is 19.0 Å².